The zero-order valence-electron chi connectivity index (χ0n) is 17.6. The van der Waals surface area contributed by atoms with Gasteiger partial charge in [-0.1, -0.05) is 48.0 Å². The molecule has 3 rings (SSSR count). The Hall–Kier alpha value is -3.23. The van der Waals surface area contributed by atoms with Gasteiger partial charge in [-0.2, -0.15) is 5.26 Å². The van der Waals surface area contributed by atoms with E-state index < -0.39 is 0 Å². The van der Waals surface area contributed by atoms with Gasteiger partial charge in [0.2, 0.25) is 0 Å². The van der Waals surface area contributed by atoms with E-state index >= 15 is 0 Å². The molecule has 4 nitrogen and oxygen atoms in total. The molecular weight excluding hydrogens is 454 g/mol. The van der Waals surface area contributed by atoms with Gasteiger partial charge >= 0.3 is 0 Å². The molecule has 3 aromatic rings. The highest BCUT2D eigenvalue weighted by Gasteiger charge is 2.13. The lowest BCUT2D eigenvalue weighted by atomic mass is 10.0. The van der Waals surface area contributed by atoms with Crippen molar-refractivity contribution in [2.24, 2.45) is 0 Å². The number of allylic oxidation sites excluding steroid dienone is 1. The molecule has 0 aliphatic heterocycles. The van der Waals surface area contributed by atoms with Crippen molar-refractivity contribution in [1.29, 1.82) is 5.26 Å². The molecule has 0 aromatic heterocycles. The van der Waals surface area contributed by atoms with Gasteiger partial charge in [0.1, 0.15) is 19.0 Å². The lowest BCUT2D eigenvalue weighted by Crippen LogP contribution is -2.10. The second-order valence-electron chi connectivity index (χ2n) is 6.81. The summed E-state index contributed by atoms with van der Waals surface area (Å²) in [5.74, 6) is 2.04. The topological polar surface area (TPSA) is 51.5 Å². The van der Waals surface area contributed by atoms with Gasteiger partial charge < -0.3 is 14.2 Å². The summed E-state index contributed by atoms with van der Waals surface area (Å²) in [6.07, 6.45) is 1.84. The third kappa shape index (κ3) is 6.37. The van der Waals surface area contributed by atoms with E-state index in [0.29, 0.717) is 36.9 Å². The van der Waals surface area contributed by atoms with E-state index in [2.05, 4.69) is 22.0 Å². The molecule has 0 N–H and O–H groups in total. The standard InChI is InChI=1S/C26H24BrNO3/c1-3-29-25-17-20(15-22(18-28)21-7-5-4-6-8-21)16-24(27)26(25)31-14-13-30-23-11-9-19(2)10-12-23/h4-12,15-17H,3,13-14H2,1-2H3/b22-15+. The Morgan fingerprint density at radius 2 is 1.68 bits per heavy atom. The van der Waals surface area contributed by atoms with E-state index in [0.717, 1.165) is 21.3 Å². The summed E-state index contributed by atoms with van der Waals surface area (Å²) in [5.41, 5.74) is 3.48. The summed E-state index contributed by atoms with van der Waals surface area (Å²) in [4.78, 5) is 0. The minimum absolute atomic E-state index is 0.370. The summed E-state index contributed by atoms with van der Waals surface area (Å²) in [5, 5.41) is 9.59. The van der Waals surface area contributed by atoms with Crippen LogP contribution in [0.25, 0.3) is 11.6 Å². The minimum atomic E-state index is 0.370. The zero-order chi connectivity index (χ0) is 22.1. The normalized spacial score (nSPS) is 11.0. The predicted octanol–water partition coefficient (Wildman–Crippen LogP) is 6.68. The number of benzene rings is 3. The van der Waals surface area contributed by atoms with E-state index in [-0.39, 0.29) is 0 Å². The lowest BCUT2D eigenvalue weighted by Gasteiger charge is -2.15. The van der Waals surface area contributed by atoms with Gasteiger partial charge in [0.05, 0.1) is 22.7 Å². The lowest BCUT2D eigenvalue weighted by molar-refractivity contribution is 0.207. The molecule has 0 saturated heterocycles. The molecule has 0 amide bonds. The van der Waals surface area contributed by atoms with Crippen LogP contribution in [-0.2, 0) is 0 Å². The molecule has 3 aromatic carbocycles. The van der Waals surface area contributed by atoms with Crippen LogP contribution in [0.4, 0.5) is 0 Å². The molecule has 0 radical (unpaired) electrons. The fourth-order valence-electron chi connectivity index (χ4n) is 2.98. The minimum Gasteiger partial charge on any atom is -0.490 e. The van der Waals surface area contributed by atoms with Crippen LogP contribution in [0.2, 0.25) is 0 Å². The molecule has 0 unspecified atom stereocenters. The molecular formula is C26H24BrNO3. The van der Waals surface area contributed by atoms with Gasteiger partial charge in [0, 0.05) is 0 Å². The Bertz CT molecular complexity index is 1070. The Kier molecular flexibility index (Phi) is 8.14. The third-order valence-corrected chi connectivity index (χ3v) is 5.06. The average Bonchev–Trinajstić information content (AvgIpc) is 2.78. The summed E-state index contributed by atoms with van der Waals surface area (Å²) >= 11 is 3.58. The van der Waals surface area contributed by atoms with E-state index in [4.69, 9.17) is 14.2 Å². The first-order valence-corrected chi connectivity index (χ1v) is 10.9. The second kappa shape index (κ2) is 11.2. The number of nitrogens with zero attached hydrogens (tertiary/aromatic N) is 1. The van der Waals surface area contributed by atoms with E-state index in [1.54, 1.807) is 0 Å². The molecule has 158 valence electrons. The van der Waals surface area contributed by atoms with E-state index in [9.17, 15) is 5.26 Å². The molecule has 0 saturated carbocycles. The van der Waals surface area contributed by atoms with Gasteiger partial charge in [0.15, 0.2) is 11.5 Å². The number of halogens is 1. The number of ether oxygens (including phenoxy) is 3. The summed E-state index contributed by atoms with van der Waals surface area (Å²) in [6.45, 7) is 5.24. The highest BCUT2D eigenvalue weighted by molar-refractivity contribution is 9.10. The maximum absolute atomic E-state index is 9.59. The number of hydrogen-bond acceptors (Lipinski definition) is 4. The van der Waals surface area contributed by atoms with Crippen LogP contribution < -0.4 is 14.2 Å². The van der Waals surface area contributed by atoms with Crippen molar-refractivity contribution in [2.45, 2.75) is 13.8 Å². The number of rotatable bonds is 9. The fourth-order valence-corrected chi connectivity index (χ4v) is 3.55. The Morgan fingerprint density at radius 3 is 2.35 bits per heavy atom. The van der Waals surface area contributed by atoms with E-state index in [1.165, 1.54) is 5.56 Å². The molecule has 0 heterocycles. The monoisotopic (exact) mass is 477 g/mol. The van der Waals surface area contributed by atoms with Gasteiger partial charge in [-0.25, -0.2) is 0 Å². The molecule has 0 bridgehead atoms. The average molecular weight is 478 g/mol. The van der Waals surface area contributed by atoms with Crippen molar-refractivity contribution >= 4 is 27.6 Å². The Labute approximate surface area is 191 Å². The zero-order valence-corrected chi connectivity index (χ0v) is 19.2. The summed E-state index contributed by atoms with van der Waals surface area (Å²) in [7, 11) is 0. The molecule has 0 spiro atoms. The molecule has 0 atom stereocenters. The van der Waals surface area contributed by atoms with Crippen molar-refractivity contribution in [1.82, 2.24) is 0 Å². The van der Waals surface area contributed by atoms with Crippen LogP contribution in [0.1, 0.15) is 23.6 Å². The number of aryl methyl sites for hydroxylation is 1. The number of hydrogen-bond donors (Lipinski definition) is 0. The molecule has 0 aliphatic rings. The smallest absolute Gasteiger partial charge is 0.175 e. The van der Waals surface area contributed by atoms with Crippen molar-refractivity contribution in [3.05, 3.63) is 87.9 Å². The predicted molar refractivity (Wildman–Crippen MR) is 127 cm³/mol. The highest BCUT2D eigenvalue weighted by Crippen LogP contribution is 2.38. The van der Waals surface area contributed by atoms with Gasteiger partial charge in [-0.05, 0) is 71.2 Å². The van der Waals surface area contributed by atoms with Crippen molar-refractivity contribution in [2.75, 3.05) is 19.8 Å². The van der Waals surface area contributed by atoms with Crippen molar-refractivity contribution in [3.63, 3.8) is 0 Å². The first-order valence-electron chi connectivity index (χ1n) is 10.1. The van der Waals surface area contributed by atoms with Gasteiger partial charge in [0.25, 0.3) is 0 Å². The number of nitriles is 1. The molecule has 0 aliphatic carbocycles. The third-order valence-electron chi connectivity index (χ3n) is 4.47. The Balaban J connectivity index is 1.74. The van der Waals surface area contributed by atoms with Crippen LogP contribution in [0.3, 0.4) is 0 Å². The quantitative estimate of drug-likeness (QED) is 0.196. The molecule has 5 heteroatoms. The van der Waals surface area contributed by atoms with Crippen LogP contribution in [-0.4, -0.2) is 19.8 Å². The Morgan fingerprint density at radius 1 is 0.968 bits per heavy atom. The first-order chi connectivity index (χ1) is 15.1. The maximum atomic E-state index is 9.59. The first kappa shape index (κ1) is 22.5. The van der Waals surface area contributed by atoms with Gasteiger partial charge in [-0.3, -0.25) is 0 Å². The van der Waals surface area contributed by atoms with E-state index in [1.807, 2.05) is 86.7 Å². The van der Waals surface area contributed by atoms with Crippen LogP contribution in [0.5, 0.6) is 17.2 Å². The van der Waals surface area contributed by atoms with Gasteiger partial charge in [-0.15, -0.1) is 0 Å². The maximum Gasteiger partial charge on any atom is 0.175 e. The van der Waals surface area contributed by atoms with Crippen LogP contribution in [0.15, 0.2) is 71.2 Å². The summed E-state index contributed by atoms with van der Waals surface area (Å²) < 4.78 is 18.2. The molecule has 31 heavy (non-hydrogen) atoms. The van der Waals surface area contributed by atoms with Crippen molar-refractivity contribution < 1.29 is 14.2 Å². The highest BCUT2D eigenvalue weighted by atomic mass is 79.9. The van der Waals surface area contributed by atoms with Crippen LogP contribution >= 0.6 is 15.9 Å². The summed E-state index contributed by atoms with van der Waals surface area (Å²) in [6, 6.07) is 23.6. The largest absolute Gasteiger partial charge is 0.490 e. The molecule has 0 fully saturated rings. The SMILES string of the molecule is CCOc1cc(/C=C(\C#N)c2ccccc2)cc(Br)c1OCCOc1ccc(C)cc1. The van der Waals surface area contributed by atoms with Crippen LogP contribution in [0, 0.1) is 18.3 Å². The fraction of sp³-hybridized carbons (Fsp3) is 0.192. The second-order valence-corrected chi connectivity index (χ2v) is 7.66. The van der Waals surface area contributed by atoms with Crippen molar-refractivity contribution in [3.8, 4) is 23.3 Å².